The standard InChI is InChI=1S/C25H34F2N6O3/c1-15-5-6-19(16-7-9-25(26,27)10-8-16)32(13-15)24(35)23(34)30-18-12-29-22(28)17-14-33(31-21(17)18)20-4-2-3-11-36-20/h12,14-16,19-20H,2-11,13H2,1H3,(H2,28,29)(H,30,34). The maximum absolute atomic E-state index is 13.7. The molecule has 9 nitrogen and oxygen atoms in total. The Morgan fingerprint density at radius 1 is 1.17 bits per heavy atom. The third-order valence-electron chi connectivity index (χ3n) is 7.92. The number of anilines is 2. The van der Waals surface area contributed by atoms with E-state index in [1.165, 1.54) is 6.20 Å². The van der Waals surface area contributed by atoms with E-state index in [1.54, 1.807) is 15.8 Å². The van der Waals surface area contributed by atoms with E-state index in [0.29, 0.717) is 42.6 Å². The van der Waals surface area contributed by atoms with Gasteiger partial charge in [-0.05, 0) is 56.8 Å². The first-order chi connectivity index (χ1) is 17.2. The normalized spacial score (nSPS) is 27.2. The van der Waals surface area contributed by atoms with Gasteiger partial charge in [0.25, 0.3) is 0 Å². The van der Waals surface area contributed by atoms with E-state index in [9.17, 15) is 18.4 Å². The summed E-state index contributed by atoms with van der Waals surface area (Å²) >= 11 is 0. The number of piperidine rings is 1. The summed E-state index contributed by atoms with van der Waals surface area (Å²) in [7, 11) is 0. The van der Waals surface area contributed by atoms with Gasteiger partial charge in [0.05, 0.1) is 17.3 Å². The lowest BCUT2D eigenvalue weighted by molar-refractivity contribution is -0.148. The summed E-state index contributed by atoms with van der Waals surface area (Å²) in [6.45, 7) is 3.13. The number of alkyl halides is 2. The van der Waals surface area contributed by atoms with Gasteiger partial charge in [0.15, 0.2) is 0 Å². The molecule has 3 fully saturated rings. The van der Waals surface area contributed by atoms with Crippen molar-refractivity contribution < 1.29 is 23.1 Å². The molecule has 0 radical (unpaired) electrons. The zero-order valence-electron chi connectivity index (χ0n) is 20.6. The van der Waals surface area contributed by atoms with Crippen LogP contribution in [0.15, 0.2) is 12.4 Å². The number of pyridine rings is 1. The van der Waals surface area contributed by atoms with Gasteiger partial charge in [-0.2, -0.15) is 5.10 Å². The number of nitrogens with one attached hydrogen (secondary N) is 1. The maximum atomic E-state index is 13.7. The number of aromatic nitrogens is 3. The molecular weight excluding hydrogens is 470 g/mol. The van der Waals surface area contributed by atoms with Crippen LogP contribution in [0.4, 0.5) is 20.3 Å². The highest BCUT2D eigenvalue weighted by atomic mass is 19.3. The zero-order valence-corrected chi connectivity index (χ0v) is 20.6. The van der Waals surface area contributed by atoms with Crippen molar-refractivity contribution >= 4 is 34.2 Å². The van der Waals surface area contributed by atoms with Crippen LogP contribution in [0, 0.1) is 11.8 Å². The maximum Gasteiger partial charge on any atom is 0.314 e. The summed E-state index contributed by atoms with van der Waals surface area (Å²) in [4.78, 5) is 32.3. The Morgan fingerprint density at radius 3 is 2.67 bits per heavy atom. The van der Waals surface area contributed by atoms with Gasteiger partial charge in [-0.25, -0.2) is 18.4 Å². The highest BCUT2D eigenvalue weighted by Crippen LogP contribution is 2.41. The van der Waals surface area contributed by atoms with Crippen LogP contribution in [0.2, 0.25) is 0 Å². The number of likely N-dealkylation sites (tertiary alicyclic amines) is 1. The van der Waals surface area contributed by atoms with Crippen molar-refractivity contribution in [1.29, 1.82) is 0 Å². The van der Waals surface area contributed by atoms with E-state index in [1.807, 2.05) is 6.92 Å². The summed E-state index contributed by atoms with van der Waals surface area (Å²) in [5, 5.41) is 7.86. The number of nitrogen functional groups attached to an aromatic ring is 1. The van der Waals surface area contributed by atoms with Gasteiger partial charge in [0, 0.05) is 38.2 Å². The predicted octanol–water partition coefficient (Wildman–Crippen LogP) is 4.10. The number of halogens is 2. The first-order valence-electron chi connectivity index (χ1n) is 13.0. The minimum Gasteiger partial charge on any atom is -0.383 e. The molecule has 196 valence electrons. The quantitative estimate of drug-likeness (QED) is 0.608. The number of fused-ring (bicyclic) bond motifs is 1. The molecule has 0 aromatic carbocycles. The van der Waals surface area contributed by atoms with Gasteiger partial charge in [0.2, 0.25) is 5.92 Å². The van der Waals surface area contributed by atoms with Gasteiger partial charge in [-0.15, -0.1) is 0 Å². The Bertz CT molecular complexity index is 1120. The van der Waals surface area contributed by atoms with Crippen LogP contribution in [-0.4, -0.2) is 56.6 Å². The molecule has 1 aliphatic carbocycles. The number of nitrogens with zero attached hydrogens (tertiary/aromatic N) is 4. The number of amides is 2. The second-order valence-corrected chi connectivity index (χ2v) is 10.6. The van der Waals surface area contributed by atoms with Gasteiger partial charge < -0.3 is 20.7 Å². The molecule has 2 aromatic rings. The lowest BCUT2D eigenvalue weighted by Gasteiger charge is -2.44. The number of rotatable bonds is 3. The fourth-order valence-electron chi connectivity index (χ4n) is 5.86. The predicted molar refractivity (Wildman–Crippen MR) is 130 cm³/mol. The van der Waals surface area contributed by atoms with Gasteiger partial charge >= 0.3 is 11.8 Å². The number of carbonyl (C=O) groups excluding carboxylic acids is 2. The molecule has 3 N–H and O–H groups in total. The van der Waals surface area contributed by atoms with Crippen molar-refractivity contribution in [1.82, 2.24) is 19.7 Å². The second kappa shape index (κ2) is 9.91. The van der Waals surface area contributed by atoms with Crippen molar-refractivity contribution in [3.63, 3.8) is 0 Å². The fourth-order valence-corrected chi connectivity index (χ4v) is 5.86. The Kier molecular flexibility index (Phi) is 6.84. The Labute approximate surface area is 208 Å². The summed E-state index contributed by atoms with van der Waals surface area (Å²) in [5.74, 6) is -3.58. The molecule has 0 bridgehead atoms. The minimum absolute atomic E-state index is 0.0232. The SMILES string of the molecule is CC1CCC(C2CCC(F)(F)CC2)N(C(=O)C(=O)Nc2cnc(N)c3cn(C4CCCCO4)nc23)C1. The van der Waals surface area contributed by atoms with Crippen LogP contribution in [0.25, 0.3) is 10.9 Å². The number of ether oxygens (including phenoxy) is 1. The highest BCUT2D eigenvalue weighted by molar-refractivity contribution is 6.40. The average Bonchev–Trinajstić information content (AvgIpc) is 3.33. The number of nitrogens with two attached hydrogens (primary N) is 1. The molecule has 2 aliphatic heterocycles. The number of carbonyl (C=O) groups is 2. The Hall–Kier alpha value is -2.82. The third kappa shape index (κ3) is 5.02. The van der Waals surface area contributed by atoms with Crippen molar-refractivity contribution in [2.45, 2.75) is 82.9 Å². The average molecular weight is 505 g/mol. The second-order valence-electron chi connectivity index (χ2n) is 10.6. The van der Waals surface area contributed by atoms with Gasteiger partial charge in [-0.3, -0.25) is 9.59 Å². The summed E-state index contributed by atoms with van der Waals surface area (Å²) in [6.07, 6.45) is 7.82. The molecule has 0 spiro atoms. The van der Waals surface area contributed by atoms with Crippen molar-refractivity contribution in [2.75, 3.05) is 24.2 Å². The highest BCUT2D eigenvalue weighted by Gasteiger charge is 2.42. The Morgan fingerprint density at radius 2 is 1.94 bits per heavy atom. The minimum atomic E-state index is -2.63. The fraction of sp³-hybridized carbons (Fsp3) is 0.680. The van der Waals surface area contributed by atoms with Crippen LogP contribution in [-0.2, 0) is 14.3 Å². The molecular formula is C25H34F2N6O3. The molecule has 2 amide bonds. The smallest absolute Gasteiger partial charge is 0.314 e. The van der Waals surface area contributed by atoms with Crippen LogP contribution in [0.5, 0.6) is 0 Å². The summed E-state index contributed by atoms with van der Waals surface area (Å²) in [5.41, 5.74) is 6.80. The molecule has 4 heterocycles. The van der Waals surface area contributed by atoms with E-state index in [0.717, 1.165) is 32.1 Å². The first kappa shape index (κ1) is 24.9. The van der Waals surface area contributed by atoms with Crippen molar-refractivity contribution in [2.24, 2.45) is 11.8 Å². The summed E-state index contributed by atoms with van der Waals surface area (Å²) in [6, 6.07) is -0.206. The molecule has 36 heavy (non-hydrogen) atoms. The molecule has 3 unspecified atom stereocenters. The molecule has 1 saturated carbocycles. The van der Waals surface area contributed by atoms with Gasteiger partial charge in [0.1, 0.15) is 17.6 Å². The molecule has 11 heteroatoms. The zero-order chi connectivity index (χ0) is 25.4. The monoisotopic (exact) mass is 504 g/mol. The number of hydrogen-bond acceptors (Lipinski definition) is 6. The van der Waals surface area contributed by atoms with Gasteiger partial charge in [-0.1, -0.05) is 6.92 Å². The van der Waals surface area contributed by atoms with E-state index < -0.39 is 17.7 Å². The van der Waals surface area contributed by atoms with E-state index >= 15 is 0 Å². The van der Waals surface area contributed by atoms with E-state index in [-0.39, 0.29) is 42.8 Å². The molecule has 3 atom stereocenters. The molecule has 3 aliphatic rings. The van der Waals surface area contributed by atoms with E-state index in [2.05, 4.69) is 15.4 Å². The van der Waals surface area contributed by atoms with Crippen LogP contribution in [0.1, 0.15) is 70.9 Å². The van der Waals surface area contributed by atoms with Crippen molar-refractivity contribution in [3.8, 4) is 0 Å². The molecule has 2 saturated heterocycles. The lowest BCUT2D eigenvalue weighted by atomic mass is 9.77. The Balaban J connectivity index is 1.34. The van der Waals surface area contributed by atoms with Crippen LogP contribution < -0.4 is 11.1 Å². The van der Waals surface area contributed by atoms with Crippen LogP contribution >= 0.6 is 0 Å². The topological polar surface area (TPSA) is 115 Å². The molecule has 5 rings (SSSR count). The lowest BCUT2D eigenvalue weighted by Crippen LogP contribution is -2.53. The summed E-state index contributed by atoms with van der Waals surface area (Å²) < 4.78 is 35.0. The molecule has 2 aromatic heterocycles. The first-order valence-corrected chi connectivity index (χ1v) is 13.0. The van der Waals surface area contributed by atoms with E-state index in [4.69, 9.17) is 10.5 Å². The number of hydrogen-bond donors (Lipinski definition) is 2. The largest absolute Gasteiger partial charge is 0.383 e. The third-order valence-corrected chi connectivity index (χ3v) is 7.92. The van der Waals surface area contributed by atoms with Crippen molar-refractivity contribution in [3.05, 3.63) is 12.4 Å². The van der Waals surface area contributed by atoms with Crippen LogP contribution in [0.3, 0.4) is 0 Å².